The number of hydrogen-bond acceptors (Lipinski definition) is 3. The van der Waals surface area contributed by atoms with Crippen LogP contribution in [-0.4, -0.2) is 40.9 Å². The van der Waals surface area contributed by atoms with Gasteiger partial charge in [0, 0.05) is 19.1 Å². The minimum absolute atomic E-state index is 0.402. The Morgan fingerprint density at radius 2 is 1.95 bits per heavy atom. The molecular weight excluding hydrogens is 304 g/mol. The molecule has 4 nitrogen and oxygen atoms in total. The molecule has 1 N–H and O–H groups in total. The molecule has 2 aliphatic rings. The van der Waals surface area contributed by atoms with Crippen LogP contribution in [0.5, 0.6) is 0 Å². The SMILES string of the molecule is CNC(c1c(Br)cnn1C)C1CC2CCC(C1)N2C. The Balaban J connectivity index is 1.84. The fourth-order valence-corrected chi connectivity index (χ4v) is 4.69. The van der Waals surface area contributed by atoms with Crippen LogP contribution in [0.1, 0.15) is 37.4 Å². The second-order valence-electron chi connectivity index (χ2n) is 6.05. The van der Waals surface area contributed by atoms with Crippen molar-refractivity contribution in [3.8, 4) is 0 Å². The van der Waals surface area contributed by atoms with Crippen LogP contribution in [0.15, 0.2) is 10.7 Å². The molecule has 5 heteroatoms. The summed E-state index contributed by atoms with van der Waals surface area (Å²) in [6, 6.07) is 1.97. The first kappa shape index (κ1) is 13.6. The van der Waals surface area contributed by atoms with E-state index in [0.29, 0.717) is 12.0 Å². The molecule has 0 amide bonds. The largest absolute Gasteiger partial charge is 0.311 e. The lowest BCUT2D eigenvalue weighted by molar-refractivity contribution is 0.112. The number of piperidine rings is 1. The van der Waals surface area contributed by atoms with E-state index < -0.39 is 0 Å². The van der Waals surface area contributed by atoms with Gasteiger partial charge in [-0.1, -0.05) is 0 Å². The zero-order chi connectivity index (χ0) is 13.6. The number of aryl methyl sites for hydroxylation is 1. The summed E-state index contributed by atoms with van der Waals surface area (Å²) in [4.78, 5) is 2.60. The van der Waals surface area contributed by atoms with Crippen LogP contribution in [-0.2, 0) is 7.05 Å². The van der Waals surface area contributed by atoms with Crippen LogP contribution >= 0.6 is 15.9 Å². The first-order valence-electron chi connectivity index (χ1n) is 7.18. The molecule has 2 saturated heterocycles. The van der Waals surface area contributed by atoms with Gasteiger partial charge in [0.2, 0.25) is 0 Å². The average molecular weight is 327 g/mol. The Morgan fingerprint density at radius 3 is 2.42 bits per heavy atom. The quantitative estimate of drug-likeness (QED) is 0.925. The highest BCUT2D eigenvalue weighted by molar-refractivity contribution is 9.10. The highest BCUT2D eigenvalue weighted by atomic mass is 79.9. The molecule has 106 valence electrons. The maximum atomic E-state index is 4.37. The number of aromatic nitrogens is 2. The fraction of sp³-hybridized carbons (Fsp3) is 0.786. The van der Waals surface area contributed by atoms with Crippen molar-refractivity contribution in [2.45, 2.75) is 43.8 Å². The average Bonchev–Trinajstić information content (AvgIpc) is 2.81. The van der Waals surface area contributed by atoms with Gasteiger partial charge in [0.15, 0.2) is 0 Å². The summed E-state index contributed by atoms with van der Waals surface area (Å²) in [5.74, 6) is 0.713. The van der Waals surface area contributed by atoms with E-state index in [9.17, 15) is 0 Å². The van der Waals surface area contributed by atoms with Crippen molar-refractivity contribution in [3.63, 3.8) is 0 Å². The van der Waals surface area contributed by atoms with Crippen molar-refractivity contribution in [2.75, 3.05) is 14.1 Å². The van der Waals surface area contributed by atoms with Crippen molar-refractivity contribution < 1.29 is 0 Å². The Labute approximate surface area is 123 Å². The number of nitrogens with one attached hydrogen (secondary N) is 1. The summed E-state index contributed by atoms with van der Waals surface area (Å²) in [7, 11) is 6.41. The van der Waals surface area contributed by atoms with Crippen molar-refractivity contribution in [3.05, 3.63) is 16.4 Å². The zero-order valence-corrected chi connectivity index (χ0v) is 13.5. The normalized spacial score (nSPS) is 32.7. The van der Waals surface area contributed by atoms with Crippen LogP contribution in [0.3, 0.4) is 0 Å². The van der Waals surface area contributed by atoms with Gasteiger partial charge >= 0.3 is 0 Å². The van der Waals surface area contributed by atoms with Crippen molar-refractivity contribution in [2.24, 2.45) is 13.0 Å². The van der Waals surface area contributed by atoms with E-state index in [4.69, 9.17) is 0 Å². The molecule has 2 bridgehead atoms. The van der Waals surface area contributed by atoms with E-state index in [1.165, 1.54) is 31.4 Å². The first-order valence-corrected chi connectivity index (χ1v) is 7.97. The van der Waals surface area contributed by atoms with Gasteiger partial charge < -0.3 is 10.2 Å². The lowest BCUT2D eigenvalue weighted by atomic mass is 9.84. The van der Waals surface area contributed by atoms with Gasteiger partial charge in [0.05, 0.1) is 22.4 Å². The van der Waals surface area contributed by atoms with Gasteiger partial charge in [-0.3, -0.25) is 4.68 Å². The smallest absolute Gasteiger partial charge is 0.0695 e. The summed E-state index contributed by atoms with van der Waals surface area (Å²) in [6.07, 6.45) is 7.26. The molecule has 3 heterocycles. The zero-order valence-electron chi connectivity index (χ0n) is 11.9. The molecule has 2 fully saturated rings. The number of hydrogen-bond donors (Lipinski definition) is 1. The molecule has 0 saturated carbocycles. The monoisotopic (exact) mass is 326 g/mol. The molecule has 0 spiro atoms. The van der Waals surface area contributed by atoms with E-state index >= 15 is 0 Å². The van der Waals surface area contributed by atoms with E-state index in [0.717, 1.165) is 16.6 Å². The van der Waals surface area contributed by atoms with Crippen LogP contribution in [0.2, 0.25) is 0 Å². The van der Waals surface area contributed by atoms with Gasteiger partial charge in [-0.15, -0.1) is 0 Å². The molecule has 3 unspecified atom stereocenters. The Bertz CT molecular complexity index is 425. The molecule has 0 aliphatic carbocycles. The third kappa shape index (κ3) is 2.26. The summed E-state index contributed by atoms with van der Waals surface area (Å²) in [6.45, 7) is 0. The lowest BCUT2D eigenvalue weighted by Crippen LogP contribution is -2.43. The van der Waals surface area contributed by atoms with E-state index in [2.05, 4.69) is 45.3 Å². The number of fused-ring (bicyclic) bond motifs is 2. The Kier molecular flexibility index (Phi) is 3.71. The predicted molar refractivity (Wildman–Crippen MR) is 80.0 cm³/mol. The topological polar surface area (TPSA) is 33.1 Å². The minimum atomic E-state index is 0.402. The highest BCUT2D eigenvalue weighted by Crippen LogP contribution is 2.43. The van der Waals surface area contributed by atoms with Crippen LogP contribution in [0, 0.1) is 5.92 Å². The number of halogens is 1. The molecule has 3 rings (SSSR count). The van der Waals surface area contributed by atoms with Crippen molar-refractivity contribution in [1.82, 2.24) is 20.0 Å². The van der Waals surface area contributed by atoms with Gasteiger partial charge in [-0.05, 0) is 61.6 Å². The third-order valence-corrected chi connectivity index (χ3v) is 5.76. The minimum Gasteiger partial charge on any atom is -0.311 e. The van der Waals surface area contributed by atoms with Gasteiger partial charge in [-0.2, -0.15) is 5.10 Å². The van der Waals surface area contributed by atoms with Crippen molar-refractivity contribution >= 4 is 15.9 Å². The number of rotatable bonds is 3. The Hall–Kier alpha value is -0.390. The summed E-state index contributed by atoms with van der Waals surface area (Å²) in [5.41, 5.74) is 1.29. The van der Waals surface area contributed by atoms with E-state index in [1.54, 1.807) is 0 Å². The maximum absolute atomic E-state index is 4.37. The predicted octanol–water partition coefficient (Wildman–Crippen LogP) is 2.32. The molecule has 1 aromatic rings. The van der Waals surface area contributed by atoms with E-state index in [-0.39, 0.29) is 0 Å². The summed E-state index contributed by atoms with van der Waals surface area (Å²) >= 11 is 3.65. The lowest BCUT2D eigenvalue weighted by Gasteiger charge is -2.39. The standard InChI is InChI=1S/C14H23BrN4/c1-16-13(14-12(15)8-17-19(14)3)9-6-10-4-5-11(7-9)18(10)2/h8-11,13,16H,4-7H2,1-3H3. The van der Waals surface area contributed by atoms with E-state index in [1.807, 2.05) is 17.9 Å². The molecule has 19 heavy (non-hydrogen) atoms. The summed E-state index contributed by atoms with van der Waals surface area (Å²) < 4.78 is 3.13. The van der Waals surface area contributed by atoms with Gasteiger partial charge in [0.1, 0.15) is 0 Å². The number of nitrogens with zero attached hydrogens (tertiary/aromatic N) is 3. The van der Waals surface area contributed by atoms with Crippen LogP contribution in [0.4, 0.5) is 0 Å². The first-order chi connectivity index (χ1) is 9.11. The van der Waals surface area contributed by atoms with Gasteiger partial charge in [0.25, 0.3) is 0 Å². The molecular formula is C14H23BrN4. The molecule has 0 aromatic carbocycles. The van der Waals surface area contributed by atoms with Crippen LogP contribution < -0.4 is 5.32 Å². The molecule has 2 aliphatic heterocycles. The molecule has 1 aromatic heterocycles. The summed E-state index contributed by atoms with van der Waals surface area (Å²) in [5, 5.41) is 7.90. The maximum Gasteiger partial charge on any atom is 0.0695 e. The molecule has 3 atom stereocenters. The van der Waals surface area contributed by atoms with Gasteiger partial charge in [-0.25, -0.2) is 0 Å². The third-order valence-electron chi connectivity index (χ3n) is 5.15. The fourth-order valence-electron chi connectivity index (χ4n) is 4.09. The Morgan fingerprint density at radius 1 is 1.32 bits per heavy atom. The second-order valence-corrected chi connectivity index (χ2v) is 6.90. The molecule has 0 radical (unpaired) electrons. The second kappa shape index (κ2) is 5.19. The van der Waals surface area contributed by atoms with Crippen molar-refractivity contribution in [1.29, 1.82) is 0 Å². The van der Waals surface area contributed by atoms with Crippen LogP contribution in [0.25, 0.3) is 0 Å². The highest BCUT2D eigenvalue weighted by Gasteiger charge is 2.41.